The van der Waals surface area contributed by atoms with Gasteiger partial charge in [-0.2, -0.15) is 18.3 Å². The Kier molecular flexibility index (Phi) is 8.25. The van der Waals surface area contributed by atoms with Crippen molar-refractivity contribution in [1.29, 1.82) is 0 Å². The summed E-state index contributed by atoms with van der Waals surface area (Å²) in [5.41, 5.74) is 0.593. The van der Waals surface area contributed by atoms with Crippen LogP contribution in [-0.2, 0) is 19.1 Å². The van der Waals surface area contributed by atoms with Gasteiger partial charge in [-0.25, -0.2) is 24.2 Å². The number of nitrogens with zero attached hydrogens (tertiary/aromatic N) is 8. The predicted octanol–water partition coefficient (Wildman–Crippen LogP) is 4.66. The molecule has 242 valence electrons. The smallest absolute Gasteiger partial charge is 0.417 e. The van der Waals surface area contributed by atoms with E-state index in [-0.39, 0.29) is 41.0 Å². The van der Waals surface area contributed by atoms with Crippen LogP contribution in [0.15, 0.2) is 45.9 Å². The average Bonchev–Trinajstić information content (AvgIpc) is 3.31. The Bertz CT molecular complexity index is 1870. The molecule has 4 aromatic rings. The largest absolute Gasteiger partial charge is 0.487 e. The third kappa shape index (κ3) is 5.93. The van der Waals surface area contributed by atoms with E-state index < -0.39 is 29.2 Å². The van der Waals surface area contributed by atoms with Crippen LogP contribution in [0.5, 0.6) is 5.75 Å². The van der Waals surface area contributed by atoms with Gasteiger partial charge >= 0.3 is 6.18 Å². The predicted molar refractivity (Wildman–Crippen MR) is 165 cm³/mol. The Morgan fingerprint density at radius 3 is 2.41 bits per heavy atom. The monoisotopic (exact) mass is 700 g/mol. The number of amides is 1. The quantitative estimate of drug-likeness (QED) is 0.286. The minimum Gasteiger partial charge on any atom is -0.487 e. The highest BCUT2D eigenvalue weighted by Gasteiger charge is 2.37. The first-order valence-electron chi connectivity index (χ1n) is 14.7. The molecule has 3 aromatic heterocycles. The molecule has 1 saturated carbocycles. The Morgan fingerprint density at radius 2 is 1.80 bits per heavy atom. The molecule has 1 aliphatic carbocycles. The van der Waals surface area contributed by atoms with Gasteiger partial charge in [0.2, 0.25) is 11.9 Å². The van der Waals surface area contributed by atoms with Crippen molar-refractivity contribution in [3.8, 4) is 17.6 Å². The van der Waals surface area contributed by atoms with Crippen molar-refractivity contribution < 1.29 is 22.7 Å². The van der Waals surface area contributed by atoms with Crippen molar-refractivity contribution >= 4 is 21.8 Å². The number of ether oxygens (including phenoxy) is 1. The van der Waals surface area contributed by atoms with E-state index in [4.69, 9.17) is 9.72 Å². The highest BCUT2D eigenvalue weighted by atomic mass is 79.9. The van der Waals surface area contributed by atoms with Crippen molar-refractivity contribution in [1.82, 2.24) is 39.1 Å². The number of rotatable bonds is 6. The van der Waals surface area contributed by atoms with Crippen LogP contribution < -0.4 is 10.3 Å². The normalized spacial score (nSPS) is 19.6. The van der Waals surface area contributed by atoms with E-state index in [9.17, 15) is 22.8 Å². The summed E-state index contributed by atoms with van der Waals surface area (Å²) in [6.45, 7) is 5.28. The molecule has 0 bridgehead atoms. The fourth-order valence-corrected chi connectivity index (χ4v) is 6.32. The van der Waals surface area contributed by atoms with Crippen LogP contribution in [0.25, 0.3) is 11.9 Å². The van der Waals surface area contributed by atoms with Crippen molar-refractivity contribution in [2.45, 2.75) is 70.9 Å². The summed E-state index contributed by atoms with van der Waals surface area (Å²) in [6.07, 6.45) is 0.391. The first-order valence-corrected chi connectivity index (χ1v) is 15.5. The van der Waals surface area contributed by atoms with E-state index in [0.717, 1.165) is 18.9 Å². The minimum absolute atomic E-state index is 0.0600. The maximum atomic E-state index is 14.2. The molecule has 11 nitrogen and oxygen atoms in total. The number of aromatic nitrogens is 6. The summed E-state index contributed by atoms with van der Waals surface area (Å²) in [5, 5.41) is 4.53. The third-order valence-electron chi connectivity index (χ3n) is 8.49. The Labute approximate surface area is 271 Å². The lowest BCUT2D eigenvalue weighted by atomic mass is 9.88. The number of carbonyl (C=O) groups excluding carboxylic acids is 1. The highest BCUT2D eigenvalue weighted by molar-refractivity contribution is 9.10. The second-order valence-corrected chi connectivity index (χ2v) is 12.9. The molecule has 1 amide bonds. The fourth-order valence-electron chi connectivity index (χ4n) is 5.85. The molecule has 0 N–H and O–H groups in total. The van der Waals surface area contributed by atoms with Gasteiger partial charge in [0.15, 0.2) is 5.75 Å². The SMILES string of the molecule is Cc1cc(C)n(-c2nc3c(c(=O)n2-c2ncc(O[C@H]4C[C@@H](N(C)C)C4)cn2)C[C@@H](C)N(C(=O)c2ccc(Br)c(C(F)(F)F)c2)C3)n1. The van der Waals surface area contributed by atoms with Crippen molar-refractivity contribution in [3.05, 3.63) is 85.3 Å². The van der Waals surface area contributed by atoms with Gasteiger partial charge in [-0.15, -0.1) is 0 Å². The summed E-state index contributed by atoms with van der Waals surface area (Å²) in [5.74, 6) is 0.0931. The topological polar surface area (TPSA) is 111 Å². The molecule has 1 aliphatic heterocycles. The molecular weight excluding hydrogens is 669 g/mol. The zero-order valence-electron chi connectivity index (χ0n) is 25.8. The summed E-state index contributed by atoms with van der Waals surface area (Å²) in [7, 11) is 4.07. The lowest BCUT2D eigenvalue weighted by Crippen LogP contribution is -2.46. The number of aryl methyl sites for hydroxylation is 2. The summed E-state index contributed by atoms with van der Waals surface area (Å²) >= 11 is 2.92. The number of alkyl halides is 3. The van der Waals surface area contributed by atoms with Gasteiger partial charge in [0.1, 0.15) is 6.10 Å². The van der Waals surface area contributed by atoms with Crippen LogP contribution in [0.1, 0.15) is 58.3 Å². The second kappa shape index (κ2) is 11.9. The number of hydrogen-bond acceptors (Lipinski definition) is 8. The highest BCUT2D eigenvalue weighted by Crippen LogP contribution is 2.36. The Morgan fingerprint density at radius 1 is 1.11 bits per heavy atom. The molecule has 0 unspecified atom stereocenters. The molecule has 6 rings (SSSR count). The Balaban J connectivity index is 1.36. The summed E-state index contributed by atoms with van der Waals surface area (Å²) in [6, 6.07) is 5.17. The van der Waals surface area contributed by atoms with Gasteiger partial charge in [-0.05, 0) is 78.4 Å². The molecule has 4 heterocycles. The van der Waals surface area contributed by atoms with Crippen LogP contribution in [0.3, 0.4) is 0 Å². The number of carbonyl (C=O) groups is 1. The molecule has 0 saturated heterocycles. The minimum atomic E-state index is -4.64. The van der Waals surface area contributed by atoms with E-state index in [1.807, 2.05) is 34.0 Å². The molecule has 15 heteroatoms. The standard InChI is InChI=1S/C31H32BrF3N8O3/c1-16-8-18(3)43(39-16)30-38-26-15-41(27(44)19-6-7-25(32)24(10-19)31(33,34)35)17(2)9-23(26)28(45)42(30)29-36-13-22(14-37-29)46-21-11-20(12-21)40(4)5/h6-8,10,13-14,17,20-21H,9,11-12,15H2,1-5H3/t17-,20-,21+/m1/s1. The third-order valence-corrected chi connectivity index (χ3v) is 9.18. The molecule has 1 aromatic carbocycles. The first-order chi connectivity index (χ1) is 21.7. The van der Waals surface area contributed by atoms with Crippen LogP contribution in [0.4, 0.5) is 13.2 Å². The van der Waals surface area contributed by atoms with E-state index in [2.05, 4.69) is 35.9 Å². The van der Waals surface area contributed by atoms with E-state index in [1.165, 1.54) is 38.7 Å². The molecule has 46 heavy (non-hydrogen) atoms. The van der Waals surface area contributed by atoms with E-state index in [0.29, 0.717) is 34.4 Å². The van der Waals surface area contributed by atoms with Crippen molar-refractivity contribution in [2.24, 2.45) is 0 Å². The maximum absolute atomic E-state index is 14.2. The lowest BCUT2D eigenvalue weighted by Gasteiger charge is -2.39. The van der Waals surface area contributed by atoms with E-state index in [1.54, 1.807) is 6.92 Å². The molecular formula is C31H32BrF3N8O3. The second-order valence-electron chi connectivity index (χ2n) is 12.0. The lowest BCUT2D eigenvalue weighted by molar-refractivity contribution is -0.138. The van der Waals surface area contributed by atoms with Crippen LogP contribution in [0, 0.1) is 13.8 Å². The summed E-state index contributed by atoms with van der Waals surface area (Å²) < 4.78 is 49.4. The van der Waals surface area contributed by atoms with E-state index >= 15 is 0 Å². The van der Waals surface area contributed by atoms with Gasteiger partial charge in [0.05, 0.1) is 35.9 Å². The first kappa shape index (κ1) is 31.9. The van der Waals surface area contributed by atoms with Crippen molar-refractivity contribution in [3.63, 3.8) is 0 Å². The van der Waals surface area contributed by atoms with Crippen LogP contribution in [0.2, 0.25) is 0 Å². The summed E-state index contributed by atoms with van der Waals surface area (Å²) in [4.78, 5) is 45.0. The number of fused-ring (bicyclic) bond motifs is 1. The molecule has 2 aliphatic rings. The Hall–Kier alpha value is -4.11. The van der Waals surface area contributed by atoms with Gasteiger partial charge in [0.25, 0.3) is 11.5 Å². The number of benzene rings is 1. The number of hydrogen-bond donors (Lipinski definition) is 0. The van der Waals surface area contributed by atoms with Crippen molar-refractivity contribution in [2.75, 3.05) is 14.1 Å². The van der Waals surface area contributed by atoms with Gasteiger partial charge in [0, 0.05) is 33.4 Å². The van der Waals surface area contributed by atoms with Crippen LogP contribution >= 0.6 is 15.9 Å². The number of halogens is 4. The van der Waals surface area contributed by atoms with Crippen LogP contribution in [-0.4, -0.2) is 77.3 Å². The van der Waals surface area contributed by atoms with Gasteiger partial charge in [-0.3, -0.25) is 9.59 Å². The zero-order valence-corrected chi connectivity index (χ0v) is 27.4. The maximum Gasteiger partial charge on any atom is 0.417 e. The molecule has 1 atom stereocenters. The van der Waals surface area contributed by atoms with Gasteiger partial charge in [-0.1, -0.05) is 15.9 Å². The molecule has 1 fully saturated rings. The average molecular weight is 702 g/mol. The fraction of sp³-hybridized carbons (Fsp3) is 0.419. The molecule has 0 spiro atoms. The van der Waals surface area contributed by atoms with Gasteiger partial charge < -0.3 is 14.5 Å². The zero-order chi connectivity index (χ0) is 33.1. The molecule has 0 radical (unpaired) electrons.